The SMILES string of the molecule is CCCCNCc1cc(Br)c(OCc2ccc(F)cc2)c(OCC)c1. The summed E-state index contributed by atoms with van der Waals surface area (Å²) in [5.74, 6) is 1.13. The smallest absolute Gasteiger partial charge is 0.175 e. The van der Waals surface area contributed by atoms with Crippen molar-refractivity contribution >= 4 is 15.9 Å². The van der Waals surface area contributed by atoms with Crippen molar-refractivity contribution in [2.75, 3.05) is 13.2 Å². The molecule has 0 bridgehead atoms. The van der Waals surface area contributed by atoms with Crippen LogP contribution in [0.1, 0.15) is 37.8 Å². The largest absolute Gasteiger partial charge is 0.490 e. The molecule has 2 rings (SSSR count). The van der Waals surface area contributed by atoms with E-state index in [2.05, 4.69) is 28.2 Å². The molecule has 0 amide bonds. The van der Waals surface area contributed by atoms with Crippen molar-refractivity contribution in [3.8, 4) is 11.5 Å². The van der Waals surface area contributed by atoms with Gasteiger partial charge in [-0.3, -0.25) is 0 Å². The molecule has 0 spiro atoms. The fourth-order valence-electron chi connectivity index (χ4n) is 2.40. The second-order valence-corrected chi connectivity index (χ2v) is 6.64. The van der Waals surface area contributed by atoms with Crippen molar-refractivity contribution < 1.29 is 13.9 Å². The van der Waals surface area contributed by atoms with Gasteiger partial charge in [0.05, 0.1) is 11.1 Å². The van der Waals surface area contributed by atoms with Crippen LogP contribution in [0.5, 0.6) is 11.5 Å². The van der Waals surface area contributed by atoms with Gasteiger partial charge in [-0.25, -0.2) is 4.39 Å². The molecule has 2 aromatic rings. The zero-order valence-corrected chi connectivity index (χ0v) is 16.4. The van der Waals surface area contributed by atoms with Crippen LogP contribution in [-0.2, 0) is 13.2 Å². The number of rotatable bonds is 10. The predicted molar refractivity (Wildman–Crippen MR) is 103 cm³/mol. The first kappa shape index (κ1) is 19.7. The van der Waals surface area contributed by atoms with Gasteiger partial charge in [0.1, 0.15) is 12.4 Å². The van der Waals surface area contributed by atoms with Crippen LogP contribution >= 0.6 is 15.9 Å². The highest BCUT2D eigenvalue weighted by Crippen LogP contribution is 2.37. The van der Waals surface area contributed by atoms with Crippen LogP contribution in [0.4, 0.5) is 4.39 Å². The van der Waals surface area contributed by atoms with Crippen LogP contribution in [0.15, 0.2) is 40.9 Å². The summed E-state index contributed by atoms with van der Waals surface area (Å²) in [5.41, 5.74) is 2.04. The molecule has 1 N–H and O–H groups in total. The van der Waals surface area contributed by atoms with Crippen LogP contribution in [-0.4, -0.2) is 13.2 Å². The Kier molecular flexibility index (Phi) is 8.22. The van der Waals surface area contributed by atoms with E-state index in [4.69, 9.17) is 9.47 Å². The molecule has 0 aliphatic carbocycles. The molecule has 0 radical (unpaired) electrons. The molecule has 0 heterocycles. The van der Waals surface area contributed by atoms with Gasteiger partial charge in [-0.15, -0.1) is 0 Å². The van der Waals surface area contributed by atoms with Gasteiger partial charge < -0.3 is 14.8 Å². The molecule has 0 saturated carbocycles. The number of nitrogens with one attached hydrogen (secondary N) is 1. The highest BCUT2D eigenvalue weighted by molar-refractivity contribution is 9.10. The average molecular weight is 410 g/mol. The molecule has 0 saturated heterocycles. The van der Waals surface area contributed by atoms with Gasteiger partial charge in [0.2, 0.25) is 0 Å². The zero-order valence-electron chi connectivity index (χ0n) is 14.8. The third kappa shape index (κ3) is 6.33. The summed E-state index contributed by atoms with van der Waals surface area (Å²) in [5, 5.41) is 3.43. The number of ether oxygens (including phenoxy) is 2. The van der Waals surface area contributed by atoms with E-state index >= 15 is 0 Å². The molecule has 0 aliphatic heterocycles. The van der Waals surface area contributed by atoms with Gasteiger partial charge in [-0.1, -0.05) is 25.5 Å². The first-order valence-electron chi connectivity index (χ1n) is 8.67. The molecule has 3 nitrogen and oxygen atoms in total. The van der Waals surface area contributed by atoms with E-state index in [1.165, 1.54) is 25.0 Å². The van der Waals surface area contributed by atoms with Crippen molar-refractivity contribution in [3.63, 3.8) is 0 Å². The summed E-state index contributed by atoms with van der Waals surface area (Å²) in [6.45, 7) is 6.83. The monoisotopic (exact) mass is 409 g/mol. The maximum absolute atomic E-state index is 13.0. The Morgan fingerprint density at radius 1 is 1.04 bits per heavy atom. The maximum Gasteiger partial charge on any atom is 0.175 e. The minimum absolute atomic E-state index is 0.250. The van der Waals surface area contributed by atoms with Gasteiger partial charge in [0, 0.05) is 6.54 Å². The molecule has 136 valence electrons. The zero-order chi connectivity index (χ0) is 18.1. The molecule has 2 aromatic carbocycles. The summed E-state index contributed by atoms with van der Waals surface area (Å²) in [6, 6.07) is 10.4. The van der Waals surface area contributed by atoms with E-state index in [1.54, 1.807) is 12.1 Å². The first-order valence-corrected chi connectivity index (χ1v) is 9.46. The van der Waals surface area contributed by atoms with E-state index in [-0.39, 0.29) is 5.82 Å². The van der Waals surface area contributed by atoms with Gasteiger partial charge in [0.25, 0.3) is 0 Å². The Bertz CT molecular complexity index is 661. The van der Waals surface area contributed by atoms with E-state index in [9.17, 15) is 4.39 Å². The topological polar surface area (TPSA) is 30.5 Å². The number of hydrogen-bond acceptors (Lipinski definition) is 3. The third-order valence-electron chi connectivity index (χ3n) is 3.70. The molecule has 25 heavy (non-hydrogen) atoms. The number of benzene rings is 2. The molecule has 0 atom stereocenters. The molecule has 0 fully saturated rings. The maximum atomic E-state index is 13.0. The van der Waals surface area contributed by atoms with Crippen LogP contribution in [0.25, 0.3) is 0 Å². The second kappa shape index (κ2) is 10.4. The third-order valence-corrected chi connectivity index (χ3v) is 4.29. The first-order chi connectivity index (χ1) is 12.1. The van der Waals surface area contributed by atoms with E-state index in [0.29, 0.717) is 24.7 Å². The average Bonchev–Trinajstić information content (AvgIpc) is 2.60. The lowest BCUT2D eigenvalue weighted by molar-refractivity contribution is 0.267. The molecular formula is C20H25BrFNO2. The normalized spacial score (nSPS) is 10.7. The molecule has 5 heteroatoms. The minimum Gasteiger partial charge on any atom is -0.490 e. The highest BCUT2D eigenvalue weighted by Gasteiger charge is 2.12. The molecular weight excluding hydrogens is 385 g/mol. The Labute approximate surface area is 157 Å². The van der Waals surface area contributed by atoms with Crippen LogP contribution in [0.2, 0.25) is 0 Å². The van der Waals surface area contributed by atoms with Crippen molar-refractivity contribution in [2.45, 2.75) is 39.8 Å². The van der Waals surface area contributed by atoms with E-state index in [1.807, 2.05) is 19.1 Å². The van der Waals surface area contributed by atoms with Crippen molar-refractivity contribution in [1.82, 2.24) is 5.32 Å². The van der Waals surface area contributed by atoms with Crippen molar-refractivity contribution in [2.24, 2.45) is 0 Å². The standard InChI is InChI=1S/C20H25BrFNO2/c1-3-5-10-23-13-16-11-18(21)20(19(12-16)24-4-2)25-14-15-6-8-17(22)9-7-15/h6-9,11-12,23H,3-5,10,13-14H2,1-2H3. The highest BCUT2D eigenvalue weighted by atomic mass is 79.9. The summed E-state index contributed by atoms with van der Waals surface area (Å²) in [7, 11) is 0. The van der Waals surface area contributed by atoms with Gasteiger partial charge in [-0.05, 0) is 71.2 Å². The van der Waals surface area contributed by atoms with E-state index in [0.717, 1.165) is 28.7 Å². The van der Waals surface area contributed by atoms with E-state index < -0.39 is 0 Å². The van der Waals surface area contributed by atoms with Gasteiger partial charge in [0.15, 0.2) is 11.5 Å². The van der Waals surface area contributed by atoms with Crippen LogP contribution < -0.4 is 14.8 Å². The summed E-state index contributed by atoms with van der Waals surface area (Å²) in [6.07, 6.45) is 2.34. The van der Waals surface area contributed by atoms with Crippen LogP contribution in [0.3, 0.4) is 0 Å². The number of halogens is 2. The lowest BCUT2D eigenvalue weighted by atomic mass is 10.2. The molecule has 0 aliphatic rings. The second-order valence-electron chi connectivity index (χ2n) is 5.78. The minimum atomic E-state index is -0.250. The number of hydrogen-bond donors (Lipinski definition) is 1. The summed E-state index contributed by atoms with van der Waals surface area (Å²) in [4.78, 5) is 0. The fourth-order valence-corrected chi connectivity index (χ4v) is 3.00. The summed E-state index contributed by atoms with van der Waals surface area (Å²) >= 11 is 3.58. The Balaban J connectivity index is 2.08. The lowest BCUT2D eigenvalue weighted by Gasteiger charge is -2.16. The Morgan fingerprint density at radius 3 is 2.48 bits per heavy atom. The Hall–Kier alpha value is -1.59. The van der Waals surface area contributed by atoms with Crippen LogP contribution in [0, 0.1) is 5.82 Å². The van der Waals surface area contributed by atoms with Gasteiger partial charge >= 0.3 is 0 Å². The van der Waals surface area contributed by atoms with Gasteiger partial charge in [-0.2, -0.15) is 0 Å². The fraction of sp³-hybridized carbons (Fsp3) is 0.400. The molecule has 0 unspecified atom stereocenters. The van der Waals surface area contributed by atoms with Crippen molar-refractivity contribution in [1.29, 1.82) is 0 Å². The summed E-state index contributed by atoms with van der Waals surface area (Å²) < 4.78 is 25.5. The lowest BCUT2D eigenvalue weighted by Crippen LogP contribution is -2.14. The molecule has 0 aromatic heterocycles. The predicted octanol–water partition coefficient (Wildman–Crippen LogP) is 5.46. The van der Waals surface area contributed by atoms with Crippen molar-refractivity contribution in [3.05, 3.63) is 57.8 Å². The Morgan fingerprint density at radius 2 is 1.80 bits per heavy atom. The quantitative estimate of drug-likeness (QED) is 0.528. The number of unbranched alkanes of at least 4 members (excludes halogenated alkanes) is 1.